The fourth-order valence-corrected chi connectivity index (χ4v) is 4.24. The predicted octanol–water partition coefficient (Wildman–Crippen LogP) is 3.94. The molecule has 1 amide bonds. The summed E-state index contributed by atoms with van der Waals surface area (Å²) in [4.78, 5) is 17.1. The molecule has 168 valence electrons. The monoisotopic (exact) mass is 455 g/mol. The molecule has 6 nitrogen and oxygen atoms in total. The number of carbonyl (C=O) groups is 1. The van der Waals surface area contributed by atoms with Gasteiger partial charge in [-0.2, -0.15) is 13.2 Å². The van der Waals surface area contributed by atoms with E-state index in [1.54, 1.807) is 26.0 Å². The molecular formula is C21H24F3N3O3S. The molecule has 1 heterocycles. The number of nitrogens with zero attached hydrogens (tertiary/aromatic N) is 1. The van der Waals surface area contributed by atoms with Crippen molar-refractivity contribution in [2.24, 2.45) is 5.92 Å². The molecule has 0 unspecified atom stereocenters. The van der Waals surface area contributed by atoms with Gasteiger partial charge in [0.05, 0.1) is 34.9 Å². The Kier molecular flexibility index (Phi) is 5.81. The number of rotatable bonds is 6. The van der Waals surface area contributed by atoms with Crippen LogP contribution >= 0.6 is 0 Å². The number of amides is 1. The number of alkyl halides is 3. The summed E-state index contributed by atoms with van der Waals surface area (Å²) >= 11 is 0. The smallest absolute Gasteiger partial charge is 0.348 e. The minimum absolute atomic E-state index is 0.201. The molecule has 1 fully saturated rings. The summed E-state index contributed by atoms with van der Waals surface area (Å²) in [6.07, 6.45) is -2.81. The van der Waals surface area contributed by atoms with Crippen LogP contribution < -0.4 is 10.0 Å². The molecule has 2 N–H and O–H groups in total. The third kappa shape index (κ3) is 5.17. The Hall–Kier alpha value is -2.62. The highest BCUT2D eigenvalue weighted by atomic mass is 32.2. The standard InChI is InChI=1S/C21H24F3N3O3S/c1-12(17-9-10-18(13(2)25-17)27-31(4,29)30)26-19(28)16-11-20(16,3)14-5-7-15(8-6-14)21(22,23)24/h5-10,12,16,27H,11H2,1-4H3,(H,26,28)/t12-,16-,20-/m1/s1. The van der Waals surface area contributed by atoms with E-state index in [1.165, 1.54) is 12.1 Å². The van der Waals surface area contributed by atoms with E-state index in [4.69, 9.17) is 0 Å². The number of carbonyl (C=O) groups excluding carboxylic acids is 1. The average molecular weight is 456 g/mol. The lowest BCUT2D eigenvalue weighted by molar-refractivity contribution is -0.137. The average Bonchev–Trinajstić information content (AvgIpc) is 3.35. The maximum Gasteiger partial charge on any atom is 0.416 e. The molecule has 1 aromatic carbocycles. The summed E-state index contributed by atoms with van der Waals surface area (Å²) in [5.41, 5.74) is 0.873. The number of anilines is 1. The van der Waals surface area contributed by atoms with E-state index in [0.717, 1.165) is 18.4 Å². The van der Waals surface area contributed by atoms with Crippen LogP contribution in [-0.2, 0) is 26.4 Å². The first kappa shape index (κ1) is 23.1. The maximum atomic E-state index is 12.8. The number of aryl methyl sites for hydroxylation is 1. The number of nitrogens with one attached hydrogen (secondary N) is 2. The van der Waals surface area contributed by atoms with Gasteiger partial charge in [0.25, 0.3) is 0 Å². The van der Waals surface area contributed by atoms with E-state index in [0.29, 0.717) is 29.1 Å². The van der Waals surface area contributed by atoms with Crippen molar-refractivity contribution in [1.29, 1.82) is 0 Å². The van der Waals surface area contributed by atoms with Crippen LogP contribution in [0.25, 0.3) is 0 Å². The second-order valence-corrected chi connectivity index (χ2v) is 9.97. The number of hydrogen-bond acceptors (Lipinski definition) is 4. The number of pyridine rings is 1. The minimum Gasteiger partial charge on any atom is -0.348 e. The summed E-state index contributed by atoms with van der Waals surface area (Å²) in [6.45, 7) is 5.29. The Balaban J connectivity index is 1.66. The molecule has 3 rings (SSSR count). The molecule has 1 aromatic heterocycles. The summed E-state index contributed by atoms with van der Waals surface area (Å²) in [7, 11) is -3.43. The highest BCUT2D eigenvalue weighted by Gasteiger charge is 2.55. The number of benzene rings is 1. The predicted molar refractivity (Wildman–Crippen MR) is 111 cm³/mol. The SMILES string of the molecule is Cc1nc([C@@H](C)NC(=O)[C@H]2C[C@]2(C)c2ccc(C(F)(F)F)cc2)ccc1NS(C)(=O)=O. The molecule has 0 radical (unpaired) electrons. The van der Waals surface area contributed by atoms with Crippen LogP contribution in [-0.4, -0.2) is 25.6 Å². The van der Waals surface area contributed by atoms with Crippen LogP contribution in [0.1, 0.15) is 48.8 Å². The first-order valence-corrected chi connectivity index (χ1v) is 11.5. The zero-order chi connectivity index (χ0) is 23.2. The molecule has 1 aliphatic carbocycles. The molecule has 0 saturated heterocycles. The summed E-state index contributed by atoms with van der Waals surface area (Å²) in [5.74, 6) is -0.549. The summed E-state index contributed by atoms with van der Waals surface area (Å²) < 4.78 is 63.5. The normalized spacial score (nSPS) is 22.0. The second kappa shape index (κ2) is 7.81. The number of halogens is 3. The quantitative estimate of drug-likeness (QED) is 0.691. The van der Waals surface area contributed by atoms with Gasteiger partial charge in [-0.3, -0.25) is 14.5 Å². The highest BCUT2D eigenvalue weighted by molar-refractivity contribution is 7.92. The van der Waals surface area contributed by atoms with Crippen LogP contribution in [0.15, 0.2) is 36.4 Å². The fraction of sp³-hybridized carbons (Fsp3) is 0.429. The fourth-order valence-electron chi connectivity index (χ4n) is 3.62. The molecule has 1 aliphatic rings. The van der Waals surface area contributed by atoms with Gasteiger partial charge in [-0.15, -0.1) is 0 Å². The first-order chi connectivity index (χ1) is 14.2. The van der Waals surface area contributed by atoms with Crippen molar-refractivity contribution in [3.63, 3.8) is 0 Å². The van der Waals surface area contributed by atoms with Gasteiger partial charge >= 0.3 is 6.18 Å². The van der Waals surface area contributed by atoms with Gasteiger partial charge in [0.2, 0.25) is 15.9 Å². The third-order valence-electron chi connectivity index (χ3n) is 5.63. The van der Waals surface area contributed by atoms with Crippen LogP contribution in [0.2, 0.25) is 0 Å². The van der Waals surface area contributed by atoms with E-state index >= 15 is 0 Å². The van der Waals surface area contributed by atoms with Crippen LogP contribution in [0.4, 0.5) is 18.9 Å². The van der Waals surface area contributed by atoms with Crippen molar-refractivity contribution >= 4 is 21.6 Å². The maximum absolute atomic E-state index is 12.8. The molecule has 10 heteroatoms. The van der Waals surface area contributed by atoms with Gasteiger partial charge in [-0.05, 0) is 50.1 Å². The Labute approximate surface area is 179 Å². The number of hydrogen-bond donors (Lipinski definition) is 2. The van der Waals surface area contributed by atoms with Gasteiger partial charge in [0.1, 0.15) is 0 Å². The zero-order valence-electron chi connectivity index (χ0n) is 17.5. The molecule has 2 aromatic rings. The van der Waals surface area contributed by atoms with E-state index in [-0.39, 0.29) is 11.8 Å². The van der Waals surface area contributed by atoms with Crippen molar-refractivity contribution in [3.05, 3.63) is 58.9 Å². The van der Waals surface area contributed by atoms with Crippen molar-refractivity contribution in [2.75, 3.05) is 11.0 Å². The second-order valence-electron chi connectivity index (χ2n) is 8.22. The molecule has 0 bridgehead atoms. The molecule has 3 atom stereocenters. The van der Waals surface area contributed by atoms with Crippen molar-refractivity contribution < 1.29 is 26.4 Å². The Morgan fingerprint density at radius 1 is 1.19 bits per heavy atom. The Bertz CT molecular complexity index is 1100. The van der Waals surface area contributed by atoms with Crippen molar-refractivity contribution in [1.82, 2.24) is 10.3 Å². The summed E-state index contributed by atoms with van der Waals surface area (Å²) in [6, 6.07) is 7.73. The Morgan fingerprint density at radius 3 is 2.32 bits per heavy atom. The zero-order valence-corrected chi connectivity index (χ0v) is 18.4. The first-order valence-electron chi connectivity index (χ1n) is 9.64. The van der Waals surface area contributed by atoms with E-state index in [9.17, 15) is 26.4 Å². The molecule has 0 aliphatic heterocycles. The van der Waals surface area contributed by atoms with Crippen LogP contribution in [0.3, 0.4) is 0 Å². The topological polar surface area (TPSA) is 88.2 Å². The van der Waals surface area contributed by atoms with Crippen molar-refractivity contribution in [3.8, 4) is 0 Å². The van der Waals surface area contributed by atoms with Gasteiger partial charge in [0.15, 0.2) is 0 Å². The van der Waals surface area contributed by atoms with Crippen molar-refractivity contribution in [2.45, 2.75) is 44.8 Å². The van der Waals surface area contributed by atoms with Crippen LogP contribution in [0.5, 0.6) is 0 Å². The lowest BCUT2D eigenvalue weighted by Crippen LogP contribution is -2.31. The third-order valence-corrected chi connectivity index (χ3v) is 6.22. The van der Waals surface area contributed by atoms with Gasteiger partial charge in [0, 0.05) is 11.3 Å². The molecular weight excluding hydrogens is 431 g/mol. The van der Waals surface area contributed by atoms with Crippen LogP contribution in [0, 0.1) is 12.8 Å². The highest BCUT2D eigenvalue weighted by Crippen LogP contribution is 2.54. The van der Waals surface area contributed by atoms with Gasteiger partial charge in [-0.1, -0.05) is 19.1 Å². The van der Waals surface area contributed by atoms with Gasteiger partial charge in [-0.25, -0.2) is 8.42 Å². The lowest BCUT2D eigenvalue weighted by Gasteiger charge is -2.17. The largest absolute Gasteiger partial charge is 0.416 e. The van der Waals surface area contributed by atoms with Gasteiger partial charge < -0.3 is 5.32 Å². The molecule has 0 spiro atoms. The number of sulfonamides is 1. The Morgan fingerprint density at radius 2 is 1.81 bits per heavy atom. The summed E-state index contributed by atoms with van der Waals surface area (Å²) in [5, 5.41) is 2.89. The minimum atomic E-state index is -4.40. The lowest BCUT2D eigenvalue weighted by atomic mass is 9.94. The van der Waals surface area contributed by atoms with E-state index < -0.39 is 33.2 Å². The number of aromatic nitrogens is 1. The molecule has 31 heavy (non-hydrogen) atoms. The molecule has 1 saturated carbocycles. The van der Waals surface area contributed by atoms with E-state index in [1.807, 2.05) is 6.92 Å². The van der Waals surface area contributed by atoms with E-state index in [2.05, 4.69) is 15.0 Å².